The highest BCUT2D eigenvalue weighted by Crippen LogP contribution is 2.41. The average molecular weight is 203 g/mol. The van der Waals surface area contributed by atoms with Crippen LogP contribution in [0.2, 0.25) is 0 Å². The maximum absolute atomic E-state index is 9.19. The van der Waals surface area contributed by atoms with Gasteiger partial charge in [-0.3, -0.25) is 0 Å². The molecule has 1 fully saturated rings. The lowest BCUT2D eigenvalue weighted by atomic mass is 9.92. The average Bonchev–Trinajstić information content (AvgIpc) is 3.11. The van der Waals surface area contributed by atoms with Gasteiger partial charge in [-0.1, -0.05) is 25.1 Å². The van der Waals surface area contributed by atoms with E-state index in [1.165, 1.54) is 29.5 Å². The number of aliphatic hydroxyl groups is 1. The molecule has 1 nitrogen and oxygen atoms in total. The fraction of sp³-hybridized carbons (Fsp3) is 0.500. The quantitative estimate of drug-likeness (QED) is 0.797. The molecule has 1 atom stereocenters. The van der Waals surface area contributed by atoms with E-state index in [0.29, 0.717) is 0 Å². The third kappa shape index (κ3) is 2.23. The predicted molar refractivity (Wildman–Crippen MR) is 63.0 cm³/mol. The molecule has 0 aromatic heterocycles. The SMILES string of the molecule is [CH2]C(CO)c1cc(C2CC2)ccc1CC. The van der Waals surface area contributed by atoms with Crippen molar-refractivity contribution >= 4 is 0 Å². The molecular formula is C14H19O. The summed E-state index contributed by atoms with van der Waals surface area (Å²) < 4.78 is 0. The minimum absolute atomic E-state index is 0.0265. The zero-order valence-corrected chi connectivity index (χ0v) is 9.37. The Morgan fingerprint density at radius 1 is 1.47 bits per heavy atom. The molecule has 0 spiro atoms. The maximum atomic E-state index is 9.19. The molecule has 1 heteroatoms. The summed E-state index contributed by atoms with van der Waals surface area (Å²) in [6, 6.07) is 6.70. The lowest BCUT2D eigenvalue weighted by Crippen LogP contribution is -2.04. The molecule has 1 aliphatic carbocycles. The molecule has 0 heterocycles. The number of aliphatic hydroxyl groups excluding tert-OH is 1. The summed E-state index contributed by atoms with van der Waals surface area (Å²) in [6.07, 6.45) is 3.67. The minimum Gasteiger partial charge on any atom is -0.396 e. The molecule has 0 bridgehead atoms. The molecular weight excluding hydrogens is 184 g/mol. The Morgan fingerprint density at radius 2 is 2.20 bits per heavy atom. The number of hydrogen-bond acceptors (Lipinski definition) is 1. The Labute approximate surface area is 92.1 Å². The van der Waals surface area contributed by atoms with Gasteiger partial charge >= 0.3 is 0 Å². The molecule has 1 aliphatic rings. The van der Waals surface area contributed by atoms with E-state index in [2.05, 4.69) is 32.0 Å². The van der Waals surface area contributed by atoms with Crippen molar-refractivity contribution in [1.82, 2.24) is 0 Å². The number of hydrogen-bond donors (Lipinski definition) is 1. The van der Waals surface area contributed by atoms with Crippen molar-refractivity contribution in [2.45, 2.75) is 38.0 Å². The zero-order chi connectivity index (χ0) is 10.8. The molecule has 1 saturated carbocycles. The van der Waals surface area contributed by atoms with Crippen molar-refractivity contribution in [3.8, 4) is 0 Å². The summed E-state index contributed by atoms with van der Waals surface area (Å²) in [4.78, 5) is 0. The number of aryl methyl sites for hydroxylation is 1. The van der Waals surface area contributed by atoms with E-state index in [0.717, 1.165) is 12.3 Å². The molecule has 0 aliphatic heterocycles. The second-order valence-corrected chi connectivity index (χ2v) is 4.47. The Kier molecular flexibility index (Phi) is 3.11. The molecule has 0 amide bonds. The van der Waals surface area contributed by atoms with Crippen molar-refractivity contribution in [2.24, 2.45) is 0 Å². The number of rotatable bonds is 4. The van der Waals surface area contributed by atoms with Gasteiger partial charge < -0.3 is 5.11 Å². The van der Waals surface area contributed by atoms with Crippen molar-refractivity contribution in [3.63, 3.8) is 0 Å². The van der Waals surface area contributed by atoms with E-state index in [9.17, 15) is 5.11 Å². The molecule has 1 radical (unpaired) electrons. The van der Waals surface area contributed by atoms with E-state index < -0.39 is 0 Å². The van der Waals surface area contributed by atoms with E-state index in [4.69, 9.17) is 0 Å². The van der Waals surface area contributed by atoms with Gasteiger partial charge in [-0.05, 0) is 48.8 Å². The minimum atomic E-state index is 0.0265. The van der Waals surface area contributed by atoms with Gasteiger partial charge in [0.25, 0.3) is 0 Å². The van der Waals surface area contributed by atoms with Crippen LogP contribution in [0.25, 0.3) is 0 Å². The monoisotopic (exact) mass is 203 g/mol. The van der Waals surface area contributed by atoms with Gasteiger partial charge in [0.1, 0.15) is 0 Å². The molecule has 1 N–H and O–H groups in total. The summed E-state index contributed by atoms with van der Waals surface area (Å²) in [5, 5.41) is 9.19. The fourth-order valence-corrected chi connectivity index (χ4v) is 2.08. The highest BCUT2D eigenvalue weighted by Gasteiger charge is 2.24. The Balaban J connectivity index is 2.33. The molecule has 1 aromatic carbocycles. The van der Waals surface area contributed by atoms with Crippen LogP contribution in [0.4, 0.5) is 0 Å². The molecule has 1 unspecified atom stereocenters. The largest absolute Gasteiger partial charge is 0.396 e. The van der Waals surface area contributed by atoms with Crippen LogP contribution in [0.1, 0.15) is 48.3 Å². The van der Waals surface area contributed by atoms with Gasteiger partial charge in [0, 0.05) is 12.5 Å². The van der Waals surface area contributed by atoms with E-state index in [1.54, 1.807) is 0 Å². The second-order valence-electron chi connectivity index (χ2n) is 4.47. The third-order valence-electron chi connectivity index (χ3n) is 3.26. The first kappa shape index (κ1) is 10.7. The van der Waals surface area contributed by atoms with Crippen LogP contribution in [-0.2, 0) is 6.42 Å². The van der Waals surface area contributed by atoms with Crippen molar-refractivity contribution < 1.29 is 5.11 Å². The molecule has 15 heavy (non-hydrogen) atoms. The van der Waals surface area contributed by atoms with Crippen LogP contribution in [-0.4, -0.2) is 11.7 Å². The van der Waals surface area contributed by atoms with Gasteiger partial charge in [-0.15, -0.1) is 0 Å². The molecule has 0 saturated heterocycles. The Hall–Kier alpha value is -0.820. The first-order chi connectivity index (χ1) is 7.26. The van der Waals surface area contributed by atoms with Crippen LogP contribution in [0.5, 0.6) is 0 Å². The van der Waals surface area contributed by atoms with Crippen molar-refractivity contribution in [3.05, 3.63) is 41.8 Å². The Bertz CT molecular complexity index is 339. The fourth-order valence-electron chi connectivity index (χ4n) is 2.08. The van der Waals surface area contributed by atoms with Crippen LogP contribution in [0.15, 0.2) is 18.2 Å². The topological polar surface area (TPSA) is 20.2 Å². The number of benzene rings is 1. The van der Waals surface area contributed by atoms with Gasteiger partial charge in [0.05, 0.1) is 0 Å². The van der Waals surface area contributed by atoms with Crippen LogP contribution >= 0.6 is 0 Å². The molecule has 1 aromatic rings. The van der Waals surface area contributed by atoms with Crippen LogP contribution in [0.3, 0.4) is 0 Å². The predicted octanol–water partition coefficient (Wildman–Crippen LogP) is 3.04. The van der Waals surface area contributed by atoms with E-state index in [-0.39, 0.29) is 12.5 Å². The summed E-state index contributed by atoms with van der Waals surface area (Å²) in [7, 11) is 0. The van der Waals surface area contributed by atoms with Gasteiger partial charge in [0.15, 0.2) is 0 Å². The first-order valence-corrected chi connectivity index (χ1v) is 5.83. The first-order valence-electron chi connectivity index (χ1n) is 5.83. The normalized spacial score (nSPS) is 17.8. The third-order valence-corrected chi connectivity index (χ3v) is 3.26. The van der Waals surface area contributed by atoms with E-state index in [1.807, 2.05) is 0 Å². The zero-order valence-electron chi connectivity index (χ0n) is 9.37. The molecule has 81 valence electrons. The highest BCUT2D eigenvalue weighted by atomic mass is 16.3. The highest BCUT2D eigenvalue weighted by molar-refractivity contribution is 5.38. The van der Waals surface area contributed by atoms with Gasteiger partial charge in [-0.25, -0.2) is 0 Å². The maximum Gasteiger partial charge on any atom is 0.0499 e. The summed E-state index contributed by atoms with van der Waals surface area (Å²) in [5.74, 6) is 0.805. The smallest absolute Gasteiger partial charge is 0.0499 e. The standard InChI is InChI=1S/C14H19O/c1-3-11-4-7-13(12-5-6-12)8-14(11)10(2)9-15/h4,7-8,10,12,15H,2-3,5-6,9H2,1H3. The van der Waals surface area contributed by atoms with Gasteiger partial charge in [0.2, 0.25) is 0 Å². The van der Waals surface area contributed by atoms with Gasteiger partial charge in [-0.2, -0.15) is 0 Å². The summed E-state index contributed by atoms with van der Waals surface area (Å²) in [5.41, 5.74) is 4.00. The van der Waals surface area contributed by atoms with Crippen molar-refractivity contribution in [1.29, 1.82) is 0 Å². The molecule has 2 rings (SSSR count). The van der Waals surface area contributed by atoms with Crippen LogP contribution < -0.4 is 0 Å². The summed E-state index contributed by atoms with van der Waals surface area (Å²) in [6.45, 7) is 6.30. The van der Waals surface area contributed by atoms with E-state index >= 15 is 0 Å². The van der Waals surface area contributed by atoms with Crippen LogP contribution in [0, 0.1) is 6.92 Å². The lowest BCUT2D eigenvalue weighted by molar-refractivity contribution is 0.282. The summed E-state index contributed by atoms with van der Waals surface area (Å²) >= 11 is 0. The Morgan fingerprint density at radius 3 is 2.73 bits per heavy atom. The second kappa shape index (κ2) is 4.36. The lowest BCUT2D eigenvalue weighted by Gasteiger charge is -2.15. The van der Waals surface area contributed by atoms with Crippen molar-refractivity contribution in [2.75, 3.05) is 6.61 Å².